The van der Waals surface area contributed by atoms with Gasteiger partial charge in [-0.2, -0.15) is 11.3 Å². The average Bonchev–Trinajstić information content (AvgIpc) is 2.93. The van der Waals surface area contributed by atoms with Gasteiger partial charge in [0.25, 0.3) is 0 Å². The predicted octanol–water partition coefficient (Wildman–Crippen LogP) is 2.46. The molecule has 0 fully saturated rings. The number of ether oxygens (including phenoxy) is 1. The number of benzene rings is 1. The first-order chi connectivity index (χ1) is 9.20. The zero-order valence-corrected chi connectivity index (χ0v) is 11.3. The van der Waals surface area contributed by atoms with E-state index in [1.54, 1.807) is 35.6 Å². The molecular formula is C14H15NO3S. The minimum atomic E-state index is -0.537. The predicted molar refractivity (Wildman–Crippen MR) is 74.0 cm³/mol. The summed E-state index contributed by atoms with van der Waals surface area (Å²) in [6.45, 7) is 0.587. The lowest BCUT2D eigenvalue weighted by Gasteiger charge is -2.16. The van der Waals surface area contributed by atoms with Crippen molar-refractivity contribution in [3.05, 3.63) is 52.2 Å². The molecule has 2 aromatic rings. The van der Waals surface area contributed by atoms with Gasteiger partial charge in [0, 0.05) is 6.54 Å². The molecule has 2 rings (SSSR count). The Balaban J connectivity index is 2.11. The van der Waals surface area contributed by atoms with Crippen molar-refractivity contribution in [1.82, 2.24) is 5.32 Å². The molecule has 100 valence electrons. The molecule has 0 saturated carbocycles. The molecule has 1 aromatic heterocycles. The molecule has 1 aromatic carbocycles. The van der Waals surface area contributed by atoms with Crippen molar-refractivity contribution in [2.45, 2.75) is 12.6 Å². The molecule has 0 aliphatic carbocycles. The molecule has 0 aliphatic heterocycles. The number of rotatable bonds is 5. The van der Waals surface area contributed by atoms with Crippen LogP contribution in [0.25, 0.3) is 0 Å². The molecule has 0 aliphatic rings. The van der Waals surface area contributed by atoms with Gasteiger partial charge in [-0.3, -0.25) is 5.32 Å². The van der Waals surface area contributed by atoms with Gasteiger partial charge >= 0.3 is 5.97 Å². The first-order valence-electron chi connectivity index (χ1n) is 5.82. The zero-order valence-electron chi connectivity index (χ0n) is 10.5. The van der Waals surface area contributed by atoms with Crippen LogP contribution in [-0.2, 0) is 16.1 Å². The molecule has 4 nitrogen and oxygen atoms in total. The number of thiophene rings is 1. The zero-order chi connectivity index (χ0) is 13.7. The van der Waals surface area contributed by atoms with Crippen LogP contribution in [0.15, 0.2) is 41.1 Å². The molecule has 0 spiro atoms. The van der Waals surface area contributed by atoms with Crippen LogP contribution in [0.1, 0.15) is 17.2 Å². The topological polar surface area (TPSA) is 58.6 Å². The lowest BCUT2D eigenvalue weighted by atomic mass is 10.1. The van der Waals surface area contributed by atoms with Crippen molar-refractivity contribution in [3.63, 3.8) is 0 Å². The number of nitrogens with one attached hydrogen (secondary N) is 1. The Morgan fingerprint density at radius 2 is 2.11 bits per heavy atom. The number of phenolic OH excluding ortho intramolecular Hbond substituents is 1. The summed E-state index contributed by atoms with van der Waals surface area (Å²) in [4.78, 5) is 11.8. The van der Waals surface area contributed by atoms with Crippen molar-refractivity contribution >= 4 is 17.3 Å². The van der Waals surface area contributed by atoms with Gasteiger partial charge in [0.05, 0.1) is 7.11 Å². The number of carbonyl (C=O) groups excluding carboxylic acids is 1. The lowest BCUT2D eigenvalue weighted by molar-refractivity contribution is -0.143. The third-order valence-corrected chi connectivity index (χ3v) is 3.49. The average molecular weight is 277 g/mol. The number of carbonyl (C=O) groups is 1. The van der Waals surface area contributed by atoms with Crippen molar-refractivity contribution in [2.24, 2.45) is 0 Å². The maximum atomic E-state index is 11.8. The first kappa shape index (κ1) is 13.6. The first-order valence-corrected chi connectivity index (χ1v) is 6.76. The van der Waals surface area contributed by atoms with E-state index in [0.717, 1.165) is 11.1 Å². The van der Waals surface area contributed by atoms with E-state index in [2.05, 4.69) is 5.32 Å². The van der Waals surface area contributed by atoms with Gasteiger partial charge in [-0.25, -0.2) is 4.79 Å². The number of methoxy groups -OCH3 is 1. The molecule has 2 N–H and O–H groups in total. The Bertz CT molecular complexity index is 522. The maximum absolute atomic E-state index is 11.8. The van der Waals surface area contributed by atoms with E-state index >= 15 is 0 Å². The lowest BCUT2D eigenvalue weighted by Crippen LogP contribution is -2.29. The van der Waals surface area contributed by atoms with Gasteiger partial charge in [0.15, 0.2) is 0 Å². The second kappa shape index (κ2) is 6.36. The monoisotopic (exact) mass is 277 g/mol. The Labute approximate surface area is 115 Å². The molecule has 5 heteroatoms. The van der Waals surface area contributed by atoms with Crippen molar-refractivity contribution in [2.75, 3.05) is 7.11 Å². The van der Waals surface area contributed by atoms with E-state index in [9.17, 15) is 9.90 Å². The van der Waals surface area contributed by atoms with Crippen LogP contribution >= 0.6 is 11.3 Å². The smallest absolute Gasteiger partial charge is 0.327 e. The summed E-state index contributed by atoms with van der Waals surface area (Å²) in [5.74, 6) is -0.175. The van der Waals surface area contributed by atoms with Crippen LogP contribution in [0.4, 0.5) is 0 Å². The van der Waals surface area contributed by atoms with E-state index < -0.39 is 6.04 Å². The van der Waals surface area contributed by atoms with Crippen LogP contribution in [0, 0.1) is 0 Å². The number of phenols is 1. The number of esters is 1. The Hall–Kier alpha value is -1.85. The fraction of sp³-hybridized carbons (Fsp3) is 0.214. The second-order valence-corrected chi connectivity index (χ2v) is 4.84. The molecule has 0 amide bonds. The molecule has 1 atom stereocenters. The molecule has 1 heterocycles. The van der Waals surface area contributed by atoms with E-state index in [-0.39, 0.29) is 11.7 Å². The quantitative estimate of drug-likeness (QED) is 0.824. The van der Waals surface area contributed by atoms with Crippen molar-refractivity contribution in [3.8, 4) is 5.75 Å². The molecule has 0 saturated heterocycles. The van der Waals surface area contributed by atoms with Gasteiger partial charge in [-0.05, 0) is 40.1 Å². The second-order valence-electron chi connectivity index (χ2n) is 4.06. The minimum absolute atomic E-state index is 0.171. The summed E-state index contributed by atoms with van der Waals surface area (Å²) in [5.41, 5.74) is 1.89. The summed E-state index contributed by atoms with van der Waals surface area (Å²) in [6.07, 6.45) is 0. The van der Waals surface area contributed by atoms with E-state index in [4.69, 9.17) is 4.74 Å². The summed E-state index contributed by atoms with van der Waals surface area (Å²) in [6, 6.07) is 7.98. The number of hydrogen-bond donors (Lipinski definition) is 2. The summed E-state index contributed by atoms with van der Waals surface area (Å²) >= 11 is 1.61. The summed E-state index contributed by atoms with van der Waals surface area (Å²) in [5, 5.41) is 16.5. The highest BCUT2D eigenvalue weighted by atomic mass is 32.1. The molecular weight excluding hydrogens is 262 g/mol. The highest BCUT2D eigenvalue weighted by Gasteiger charge is 2.20. The minimum Gasteiger partial charge on any atom is -0.508 e. The Morgan fingerprint density at radius 1 is 1.37 bits per heavy atom. The third-order valence-electron chi connectivity index (χ3n) is 2.75. The molecule has 1 unspecified atom stereocenters. The molecule has 0 bridgehead atoms. The number of hydrogen-bond acceptors (Lipinski definition) is 5. The van der Waals surface area contributed by atoms with Gasteiger partial charge in [-0.1, -0.05) is 12.1 Å². The van der Waals surface area contributed by atoms with Gasteiger partial charge in [0.2, 0.25) is 0 Å². The highest BCUT2D eigenvalue weighted by molar-refractivity contribution is 7.07. The van der Waals surface area contributed by atoms with Crippen LogP contribution in [0.3, 0.4) is 0 Å². The third kappa shape index (κ3) is 3.56. The van der Waals surface area contributed by atoms with Gasteiger partial charge in [0.1, 0.15) is 11.8 Å². The van der Waals surface area contributed by atoms with E-state index in [1.165, 1.54) is 7.11 Å². The van der Waals surface area contributed by atoms with Crippen molar-refractivity contribution in [1.29, 1.82) is 0 Å². The van der Waals surface area contributed by atoms with Crippen molar-refractivity contribution < 1.29 is 14.6 Å². The van der Waals surface area contributed by atoms with Crippen LogP contribution in [-0.4, -0.2) is 18.2 Å². The van der Waals surface area contributed by atoms with Gasteiger partial charge in [-0.15, -0.1) is 0 Å². The van der Waals surface area contributed by atoms with Crippen LogP contribution in [0.5, 0.6) is 5.75 Å². The Morgan fingerprint density at radius 3 is 2.68 bits per heavy atom. The Kier molecular flexibility index (Phi) is 4.54. The van der Waals surface area contributed by atoms with E-state index in [0.29, 0.717) is 6.54 Å². The standard InChI is InChI=1S/C14H15NO3S/c1-18-14(17)13(11-2-4-12(16)5-3-11)15-8-10-6-7-19-9-10/h2-7,9,13,15-16H,8H2,1H3. The highest BCUT2D eigenvalue weighted by Crippen LogP contribution is 2.19. The van der Waals surface area contributed by atoms with E-state index in [1.807, 2.05) is 16.8 Å². The summed E-state index contributed by atoms with van der Waals surface area (Å²) < 4.78 is 4.81. The maximum Gasteiger partial charge on any atom is 0.327 e. The fourth-order valence-electron chi connectivity index (χ4n) is 1.74. The fourth-order valence-corrected chi connectivity index (χ4v) is 2.40. The normalized spacial score (nSPS) is 12.1. The van der Waals surface area contributed by atoms with Crippen LogP contribution in [0.2, 0.25) is 0 Å². The van der Waals surface area contributed by atoms with Crippen LogP contribution < -0.4 is 5.32 Å². The SMILES string of the molecule is COC(=O)C(NCc1ccsc1)c1ccc(O)cc1. The summed E-state index contributed by atoms with van der Waals surface area (Å²) in [7, 11) is 1.36. The molecule has 19 heavy (non-hydrogen) atoms. The number of aromatic hydroxyl groups is 1. The molecule has 0 radical (unpaired) electrons. The van der Waals surface area contributed by atoms with Gasteiger partial charge < -0.3 is 9.84 Å². The largest absolute Gasteiger partial charge is 0.508 e.